The first-order valence-corrected chi connectivity index (χ1v) is 7.51. The Morgan fingerprint density at radius 3 is 2.06 bits per heavy atom. The summed E-state index contributed by atoms with van der Waals surface area (Å²) in [5.41, 5.74) is 0.838. The molecule has 1 aliphatic carbocycles. The van der Waals surface area contributed by atoms with E-state index in [9.17, 15) is 5.11 Å². The quantitative estimate of drug-likeness (QED) is 0.787. The van der Waals surface area contributed by atoms with Crippen LogP contribution in [0.25, 0.3) is 0 Å². The summed E-state index contributed by atoms with van der Waals surface area (Å²) >= 11 is 0. The fraction of sp³-hybridized carbons (Fsp3) is 1.00. The number of aliphatic hydroxyl groups excluding tert-OH is 1. The Balaban J connectivity index is 2.42. The molecule has 1 fully saturated rings. The van der Waals surface area contributed by atoms with Crippen LogP contribution in [-0.2, 0) is 0 Å². The van der Waals surface area contributed by atoms with Crippen molar-refractivity contribution in [2.75, 3.05) is 6.54 Å². The van der Waals surface area contributed by atoms with E-state index in [1.54, 1.807) is 0 Å². The van der Waals surface area contributed by atoms with Crippen molar-refractivity contribution in [3.8, 4) is 0 Å². The van der Waals surface area contributed by atoms with E-state index in [0.29, 0.717) is 22.8 Å². The molecule has 0 aromatic rings. The van der Waals surface area contributed by atoms with E-state index in [-0.39, 0.29) is 6.10 Å². The fourth-order valence-corrected chi connectivity index (χ4v) is 3.92. The van der Waals surface area contributed by atoms with Gasteiger partial charge in [0.1, 0.15) is 0 Å². The van der Waals surface area contributed by atoms with Crippen LogP contribution in [0, 0.1) is 16.7 Å². The molecule has 1 aliphatic rings. The van der Waals surface area contributed by atoms with Gasteiger partial charge in [0, 0.05) is 12.6 Å². The Morgan fingerprint density at radius 1 is 1.11 bits per heavy atom. The summed E-state index contributed by atoms with van der Waals surface area (Å²) in [7, 11) is 0. The molecular formula is C16H33NO. The van der Waals surface area contributed by atoms with Gasteiger partial charge in [0.05, 0.1) is 6.10 Å². The lowest BCUT2D eigenvalue weighted by atomic mass is 9.63. The van der Waals surface area contributed by atoms with Crippen LogP contribution in [0.2, 0.25) is 0 Å². The molecule has 2 N–H and O–H groups in total. The average Bonchev–Trinajstić information content (AvgIpc) is 2.08. The van der Waals surface area contributed by atoms with E-state index >= 15 is 0 Å². The van der Waals surface area contributed by atoms with Crippen LogP contribution in [0.5, 0.6) is 0 Å². The first-order chi connectivity index (χ1) is 8.10. The summed E-state index contributed by atoms with van der Waals surface area (Å²) in [6, 6.07) is 0.561. The van der Waals surface area contributed by atoms with E-state index in [4.69, 9.17) is 0 Å². The van der Waals surface area contributed by atoms with Gasteiger partial charge in [-0.1, -0.05) is 41.5 Å². The minimum Gasteiger partial charge on any atom is -0.392 e. The van der Waals surface area contributed by atoms with Gasteiger partial charge >= 0.3 is 0 Å². The molecule has 1 atom stereocenters. The third kappa shape index (κ3) is 5.71. The zero-order valence-electron chi connectivity index (χ0n) is 13.2. The highest BCUT2D eigenvalue weighted by Gasteiger charge is 2.38. The van der Waals surface area contributed by atoms with Gasteiger partial charge in [-0.3, -0.25) is 0 Å². The SMILES string of the molecule is CC(C)CC(O)CNC1CC(C)(C)CC(C)(C)C1. The highest BCUT2D eigenvalue weighted by Crippen LogP contribution is 2.45. The van der Waals surface area contributed by atoms with Crippen molar-refractivity contribution in [2.45, 2.75) is 79.4 Å². The number of hydrogen-bond donors (Lipinski definition) is 2. The third-order valence-corrected chi connectivity index (χ3v) is 3.94. The van der Waals surface area contributed by atoms with Crippen molar-refractivity contribution >= 4 is 0 Å². The largest absolute Gasteiger partial charge is 0.392 e. The Morgan fingerprint density at radius 2 is 1.61 bits per heavy atom. The molecule has 1 unspecified atom stereocenters. The molecule has 0 aliphatic heterocycles. The standard InChI is InChI=1S/C16H33NO/c1-12(2)7-14(18)10-17-13-8-15(3,4)11-16(5,6)9-13/h12-14,17-18H,7-11H2,1-6H3. The molecule has 0 heterocycles. The lowest BCUT2D eigenvalue weighted by Crippen LogP contribution is -2.46. The first-order valence-electron chi connectivity index (χ1n) is 7.51. The Kier molecular flexibility index (Phi) is 5.25. The highest BCUT2D eigenvalue weighted by molar-refractivity contribution is 4.92. The topological polar surface area (TPSA) is 32.3 Å². The number of nitrogens with one attached hydrogen (secondary N) is 1. The Labute approximate surface area is 114 Å². The third-order valence-electron chi connectivity index (χ3n) is 3.94. The molecule has 0 amide bonds. The van der Waals surface area contributed by atoms with Gasteiger partial charge in [-0.15, -0.1) is 0 Å². The Hall–Kier alpha value is -0.0800. The lowest BCUT2D eigenvalue weighted by Gasteiger charge is -2.45. The molecule has 0 spiro atoms. The minimum absolute atomic E-state index is 0.196. The summed E-state index contributed by atoms with van der Waals surface area (Å²) in [6.45, 7) is 14.5. The summed E-state index contributed by atoms with van der Waals surface area (Å²) in [5, 5.41) is 13.5. The number of hydrogen-bond acceptors (Lipinski definition) is 2. The molecule has 108 valence electrons. The van der Waals surface area contributed by atoms with E-state index in [1.165, 1.54) is 19.3 Å². The van der Waals surface area contributed by atoms with Crippen LogP contribution in [0.15, 0.2) is 0 Å². The second kappa shape index (κ2) is 5.92. The molecule has 0 aromatic carbocycles. The number of rotatable bonds is 5. The molecule has 1 rings (SSSR count). The van der Waals surface area contributed by atoms with Crippen molar-refractivity contribution in [1.29, 1.82) is 0 Å². The van der Waals surface area contributed by atoms with Gasteiger partial charge in [-0.05, 0) is 42.4 Å². The van der Waals surface area contributed by atoms with Gasteiger partial charge in [-0.25, -0.2) is 0 Å². The van der Waals surface area contributed by atoms with Crippen molar-refractivity contribution in [2.24, 2.45) is 16.7 Å². The summed E-state index contributed by atoms with van der Waals surface area (Å²) in [4.78, 5) is 0. The van der Waals surface area contributed by atoms with E-state index in [0.717, 1.165) is 13.0 Å². The van der Waals surface area contributed by atoms with Crippen molar-refractivity contribution in [3.63, 3.8) is 0 Å². The maximum Gasteiger partial charge on any atom is 0.0667 e. The Bertz CT molecular complexity index is 242. The van der Waals surface area contributed by atoms with Crippen LogP contribution in [0.4, 0.5) is 0 Å². The molecular weight excluding hydrogens is 222 g/mol. The fourth-order valence-electron chi connectivity index (χ4n) is 3.92. The van der Waals surface area contributed by atoms with Crippen LogP contribution in [-0.4, -0.2) is 23.8 Å². The molecule has 0 aromatic heterocycles. The predicted molar refractivity (Wildman–Crippen MR) is 78.7 cm³/mol. The maximum atomic E-state index is 9.95. The van der Waals surface area contributed by atoms with Crippen molar-refractivity contribution in [3.05, 3.63) is 0 Å². The summed E-state index contributed by atoms with van der Waals surface area (Å²) < 4.78 is 0. The highest BCUT2D eigenvalue weighted by atomic mass is 16.3. The lowest BCUT2D eigenvalue weighted by molar-refractivity contribution is 0.0731. The molecule has 0 saturated heterocycles. The first kappa shape index (κ1) is 16.0. The monoisotopic (exact) mass is 255 g/mol. The van der Waals surface area contributed by atoms with Crippen molar-refractivity contribution < 1.29 is 5.11 Å². The predicted octanol–water partition coefficient (Wildman–Crippen LogP) is 3.59. The summed E-state index contributed by atoms with van der Waals surface area (Å²) in [6.07, 6.45) is 4.45. The molecule has 2 heteroatoms. The zero-order valence-corrected chi connectivity index (χ0v) is 13.2. The van der Waals surface area contributed by atoms with Crippen LogP contribution in [0.3, 0.4) is 0 Å². The smallest absolute Gasteiger partial charge is 0.0667 e. The van der Waals surface area contributed by atoms with E-state index in [1.807, 2.05) is 0 Å². The minimum atomic E-state index is -0.196. The van der Waals surface area contributed by atoms with E-state index < -0.39 is 0 Å². The van der Waals surface area contributed by atoms with Crippen molar-refractivity contribution in [1.82, 2.24) is 5.32 Å². The molecule has 18 heavy (non-hydrogen) atoms. The molecule has 0 radical (unpaired) electrons. The van der Waals surface area contributed by atoms with Crippen LogP contribution >= 0.6 is 0 Å². The van der Waals surface area contributed by atoms with Crippen LogP contribution < -0.4 is 5.32 Å². The average molecular weight is 255 g/mol. The van der Waals surface area contributed by atoms with Gasteiger partial charge < -0.3 is 10.4 Å². The van der Waals surface area contributed by atoms with E-state index in [2.05, 4.69) is 46.9 Å². The molecule has 0 bridgehead atoms. The van der Waals surface area contributed by atoms with Gasteiger partial charge in [0.15, 0.2) is 0 Å². The molecule has 1 saturated carbocycles. The second-order valence-electron chi connectivity index (χ2n) is 8.30. The number of aliphatic hydroxyl groups is 1. The van der Waals surface area contributed by atoms with Gasteiger partial charge in [0.2, 0.25) is 0 Å². The molecule has 2 nitrogen and oxygen atoms in total. The zero-order chi connectivity index (χ0) is 14.0. The normalized spacial score (nSPS) is 25.3. The van der Waals surface area contributed by atoms with Gasteiger partial charge in [-0.2, -0.15) is 0 Å². The maximum absolute atomic E-state index is 9.95. The summed E-state index contributed by atoms with van der Waals surface area (Å²) in [5.74, 6) is 0.570. The van der Waals surface area contributed by atoms with Gasteiger partial charge in [0.25, 0.3) is 0 Å². The second-order valence-corrected chi connectivity index (χ2v) is 8.30. The van der Waals surface area contributed by atoms with Crippen LogP contribution in [0.1, 0.15) is 67.2 Å².